The number of rotatable bonds is 5. The second-order valence-electron chi connectivity index (χ2n) is 8.66. The lowest BCUT2D eigenvalue weighted by molar-refractivity contribution is 0.123. The van der Waals surface area contributed by atoms with Crippen molar-refractivity contribution in [2.24, 2.45) is 0 Å². The van der Waals surface area contributed by atoms with Crippen molar-refractivity contribution in [2.45, 2.75) is 57.4 Å². The smallest absolute Gasteiger partial charge is 0.138 e. The van der Waals surface area contributed by atoms with Crippen LogP contribution in [0, 0.1) is 0 Å². The Hall–Kier alpha value is -1.24. The van der Waals surface area contributed by atoms with Gasteiger partial charge < -0.3 is 10.2 Å². The average molecular weight is 386 g/mol. The van der Waals surface area contributed by atoms with Crippen LogP contribution in [-0.4, -0.2) is 65.6 Å². The van der Waals surface area contributed by atoms with E-state index in [0.717, 1.165) is 18.2 Å². The summed E-state index contributed by atoms with van der Waals surface area (Å²) in [7, 11) is 2.22. The van der Waals surface area contributed by atoms with Gasteiger partial charge in [-0.3, -0.25) is 4.90 Å². The molecule has 6 heteroatoms. The summed E-state index contributed by atoms with van der Waals surface area (Å²) in [4.78, 5) is 17.8. The van der Waals surface area contributed by atoms with E-state index in [9.17, 15) is 0 Å². The molecule has 2 aromatic rings. The second-order valence-corrected chi connectivity index (χ2v) is 9.75. The molecule has 0 aromatic carbocycles. The van der Waals surface area contributed by atoms with Gasteiger partial charge in [-0.25, -0.2) is 9.97 Å². The van der Waals surface area contributed by atoms with E-state index >= 15 is 0 Å². The third-order valence-corrected chi connectivity index (χ3v) is 7.69. The first-order valence-electron chi connectivity index (χ1n) is 10.7. The normalized spacial score (nSPS) is 22.7. The van der Waals surface area contributed by atoms with E-state index in [1.54, 1.807) is 10.4 Å². The van der Waals surface area contributed by atoms with E-state index in [2.05, 4.69) is 29.1 Å². The zero-order valence-corrected chi connectivity index (χ0v) is 17.4. The lowest BCUT2D eigenvalue weighted by atomic mass is 9.97. The maximum Gasteiger partial charge on any atom is 0.138 e. The van der Waals surface area contributed by atoms with Gasteiger partial charge >= 0.3 is 0 Å². The van der Waals surface area contributed by atoms with Gasteiger partial charge in [0.25, 0.3) is 0 Å². The molecule has 3 aliphatic rings. The topological polar surface area (TPSA) is 44.3 Å². The van der Waals surface area contributed by atoms with Crippen LogP contribution in [0.5, 0.6) is 0 Å². The number of thiophene rings is 1. The number of piperazine rings is 1. The molecule has 146 valence electrons. The Balaban J connectivity index is 1.40. The second kappa shape index (κ2) is 7.30. The fourth-order valence-electron chi connectivity index (χ4n) is 4.46. The number of aryl methyl sites for hydroxylation is 2. The summed E-state index contributed by atoms with van der Waals surface area (Å²) in [6.45, 7) is 7.99. The van der Waals surface area contributed by atoms with Gasteiger partial charge in [0.1, 0.15) is 16.5 Å². The van der Waals surface area contributed by atoms with Gasteiger partial charge in [0.15, 0.2) is 0 Å². The highest BCUT2D eigenvalue weighted by Gasteiger charge is 2.29. The highest BCUT2D eigenvalue weighted by Crippen LogP contribution is 2.43. The molecule has 2 aliphatic carbocycles. The molecule has 1 aliphatic heterocycles. The predicted octanol–water partition coefficient (Wildman–Crippen LogP) is 3.50. The molecule has 5 rings (SSSR count). The number of nitrogens with zero attached hydrogens (tertiary/aromatic N) is 4. The molecule has 1 saturated carbocycles. The van der Waals surface area contributed by atoms with Crippen molar-refractivity contribution >= 4 is 27.4 Å². The van der Waals surface area contributed by atoms with Crippen molar-refractivity contribution in [3.8, 4) is 0 Å². The molecular formula is C21H31N5S. The number of hydrogen-bond acceptors (Lipinski definition) is 6. The van der Waals surface area contributed by atoms with Crippen LogP contribution in [-0.2, 0) is 12.8 Å². The van der Waals surface area contributed by atoms with Crippen molar-refractivity contribution < 1.29 is 0 Å². The highest BCUT2D eigenvalue weighted by molar-refractivity contribution is 7.19. The Kier molecular flexibility index (Phi) is 4.82. The number of aromatic nitrogens is 2. The van der Waals surface area contributed by atoms with Crippen molar-refractivity contribution in [3.05, 3.63) is 16.3 Å². The Morgan fingerprint density at radius 3 is 2.67 bits per heavy atom. The summed E-state index contributed by atoms with van der Waals surface area (Å²) in [5.41, 5.74) is 1.54. The Morgan fingerprint density at radius 1 is 1.11 bits per heavy atom. The molecular weight excluding hydrogens is 354 g/mol. The maximum absolute atomic E-state index is 5.03. The number of fused-ring (bicyclic) bond motifs is 3. The number of anilines is 1. The number of nitrogens with one attached hydrogen (secondary N) is 1. The Bertz CT molecular complexity index is 820. The van der Waals surface area contributed by atoms with Crippen LogP contribution in [0.25, 0.3) is 10.2 Å². The highest BCUT2D eigenvalue weighted by atomic mass is 32.1. The fraction of sp³-hybridized carbons (Fsp3) is 0.714. The number of hydrogen-bond donors (Lipinski definition) is 1. The van der Waals surface area contributed by atoms with Crippen LogP contribution in [0.1, 0.15) is 54.8 Å². The first-order valence-corrected chi connectivity index (χ1v) is 11.5. The zero-order chi connectivity index (χ0) is 18.4. The van der Waals surface area contributed by atoms with E-state index in [0.29, 0.717) is 12.0 Å². The zero-order valence-electron chi connectivity index (χ0n) is 16.6. The van der Waals surface area contributed by atoms with E-state index in [1.807, 2.05) is 11.3 Å². The van der Waals surface area contributed by atoms with Gasteiger partial charge in [-0.15, -0.1) is 11.3 Å². The molecule has 0 radical (unpaired) electrons. The Morgan fingerprint density at radius 2 is 1.89 bits per heavy atom. The first-order chi connectivity index (χ1) is 13.2. The van der Waals surface area contributed by atoms with E-state index in [4.69, 9.17) is 9.97 Å². The summed E-state index contributed by atoms with van der Waals surface area (Å²) in [5.74, 6) is 2.79. The summed E-state index contributed by atoms with van der Waals surface area (Å²) in [5, 5.41) is 5.09. The summed E-state index contributed by atoms with van der Waals surface area (Å²) in [6, 6.07) is 0.530. The summed E-state index contributed by atoms with van der Waals surface area (Å²) in [6.07, 6.45) is 7.57. The van der Waals surface area contributed by atoms with Crippen LogP contribution in [0.2, 0.25) is 0 Å². The maximum atomic E-state index is 5.03. The minimum Gasteiger partial charge on any atom is -0.368 e. The largest absolute Gasteiger partial charge is 0.368 e. The molecule has 3 heterocycles. The van der Waals surface area contributed by atoms with Gasteiger partial charge in [0.2, 0.25) is 0 Å². The van der Waals surface area contributed by atoms with Crippen molar-refractivity contribution in [1.82, 2.24) is 19.8 Å². The van der Waals surface area contributed by atoms with Crippen LogP contribution in [0.3, 0.4) is 0 Å². The van der Waals surface area contributed by atoms with Gasteiger partial charge in [0.05, 0.1) is 5.39 Å². The van der Waals surface area contributed by atoms with Crippen molar-refractivity contribution in [1.29, 1.82) is 0 Å². The third-order valence-electron chi connectivity index (χ3n) is 6.50. The van der Waals surface area contributed by atoms with E-state index in [-0.39, 0.29) is 0 Å². The molecule has 5 nitrogen and oxygen atoms in total. The summed E-state index contributed by atoms with van der Waals surface area (Å²) < 4.78 is 0. The lowest BCUT2D eigenvalue weighted by Gasteiger charge is -2.36. The summed E-state index contributed by atoms with van der Waals surface area (Å²) >= 11 is 1.93. The molecule has 0 bridgehead atoms. The molecule has 0 amide bonds. The van der Waals surface area contributed by atoms with Crippen LogP contribution < -0.4 is 5.32 Å². The van der Waals surface area contributed by atoms with Gasteiger partial charge in [0, 0.05) is 49.6 Å². The predicted molar refractivity (Wildman–Crippen MR) is 113 cm³/mol. The van der Waals surface area contributed by atoms with E-state index in [1.165, 1.54) is 74.9 Å². The van der Waals surface area contributed by atoms with Crippen LogP contribution >= 0.6 is 11.3 Å². The molecule has 0 spiro atoms. The minimum atomic E-state index is 0.530. The van der Waals surface area contributed by atoms with Gasteiger partial charge in [-0.05, 0) is 58.1 Å². The molecule has 1 saturated heterocycles. The standard InChI is InChI=1S/C21H31N5S/c1-14(26-11-9-25(2)10-12-26)13-22-20-18-16-5-3-4-6-17(16)27-21(18)24-19(23-20)15-7-8-15/h14-15H,3-13H2,1-2H3,(H,22,23,24). The quantitative estimate of drug-likeness (QED) is 0.853. The van der Waals surface area contributed by atoms with Crippen LogP contribution in [0.4, 0.5) is 5.82 Å². The van der Waals surface area contributed by atoms with Crippen LogP contribution in [0.15, 0.2) is 0 Å². The SMILES string of the molecule is CC(CNc1nc(C2CC2)nc2sc3c(c12)CCCC3)N1CCN(C)CC1. The molecule has 2 fully saturated rings. The first kappa shape index (κ1) is 17.8. The molecule has 27 heavy (non-hydrogen) atoms. The fourth-order valence-corrected chi connectivity index (χ4v) is 5.73. The number of likely N-dealkylation sites (N-methyl/N-ethyl adjacent to an activating group) is 1. The van der Waals surface area contributed by atoms with Gasteiger partial charge in [-0.1, -0.05) is 0 Å². The molecule has 1 atom stereocenters. The third kappa shape index (κ3) is 3.59. The molecule has 1 unspecified atom stereocenters. The minimum absolute atomic E-state index is 0.530. The molecule has 1 N–H and O–H groups in total. The van der Waals surface area contributed by atoms with E-state index < -0.39 is 0 Å². The monoisotopic (exact) mass is 385 g/mol. The average Bonchev–Trinajstić information content (AvgIpc) is 3.47. The molecule has 2 aromatic heterocycles. The Labute approximate surface area is 166 Å². The van der Waals surface area contributed by atoms with Crippen molar-refractivity contribution in [2.75, 3.05) is 45.1 Å². The van der Waals surface area contributed by atoms with Gasteiger partial charge in [-0.2, -0.15) is 0 Å². The lowest BCUT2D eigenvalue weighted by Crippen LogP contribution is -2.49. The van der Waals surface area contributed by atoms with Crippen molar-refractivity contribution in [3.63, 3.8) is 0 Å².